The minimum absolute atomic E-state index is 0.229. The lowest BCUT2D eigenvalue weighted by molar-refractivity contribution is 0.0448. The van der Waals surface area contributed by atoms with E-state index in [-0.39, 0.29) is 5.88 Å². The number of ether oxygens (including phenoxy) is 2. The normalized spacial score (nSPS) is 14.9. The molecule has 1 aromatic carbocycles. The van der Waals surface area contributed by atoms with Crippen molar-refractivity contribution in [2.24, 2.45) is 0 Å². The zero-order chi connectivity index (χ0) is 17.5. The number of carbonyl (C=O) groups is 1. The van der Waals surface area contributed by atoms with Gasteiger partial charge in [0.05, 0.1) is 0 Å². The van der Waals surface area contributed by atoms with Crippen LogP contribution in [0.1, 0.15) is 29.6 Å². The highest BCUT2D eigenvalue weighted by Crippen LogP contribution is 2.24. The summed E-state index contributed by atoms with van der Waals surface area (Å²) in [7, 11) is 0. The molecule has 2 aromatic rings. The molecule has 6 heteroatoms. The van der Waals surface area contributed by atoms with Crippen molar-refractivity contribution in [1.29, 1.82) is 0 Å². The first kappa shape index (κ1) is 17.7. The molecule has 0 N–H and O–H groups in total. The minimum Gasteiger partial charge on any atom is -0.461 e. The second-order valence-electron chi connectivity index (χ2n) is 5.95. The summed E-state index contributed by atoms with van der Waals surface area (Å²) in [5.74, 6) is 0.368. The third kappa shape index (κ3) is 5.18. The third-order valence-corrected chi connectivity index (χ3v) is 4.36. The van der Waals surface area contributed by atoms with Crippen LogP contribution in [0.25, 0.3) is 0 Å². The standard InChI is InChI=1S/C19H21ClN2O3/c20-15-6-8-16(9-7-15)25-18-17(5-4-10-21-18)19(23)24-14-13-22-11-2-1-3-12-22/h4-10H,1-3,11-14H2. The lowest BCUT2D eigenvalue weighted by Gasteiger charge is -2.25. The molecule has 0 atom stereocenters. The van der Waals surface area contributed by atoms with Crippen molar-refractivity contribution in [3.63, 3.8) is 0 Å². The van der Waals surface area contributed by atoms with Crippen LogP contribution in [0.4, 0.5) is 0 Å². The van der Waals surface area contributed by atoms with Gasteiger partial charge < -0.3 is 9.47 Å². The van der Waals surface area contributed by atoms with Gasteiger partial charge in [0.15, 0.2) is 0 Å². The highest BCUT2D eigenvalue weighted by atomic mass is 35.5. The average molecular weight is 361 g/mol. The van der Waals surface area contributed by atoms with Gasteiger partial charge in [-0.15, -0.1) is 0 Å². The summed E-state index contributed by atoms with van der Waals surface area (Å²) >= 11 is 5.87. The zero-order valence-corrected chi connectivity index (χ0v) is 14.7. The fourth-order valence-corrected chi connectivity index (χ4v) is 2.90. The molecule has 0 bridgehead atoms. The fraction of sp³-hybridized carbons (Fsp3) is 0.368. The molecule has 0 spiro atoms. The number of aromatic nitrogens is 1. The van der Waals surface area contributed by atoms with Crippen molar-refractivity contribution in [2.45, 2.75) is 19.3 Å². The number of esters is 1. The number of hydrogen-bond donors (Lipinski definition) is 0. The Morgan fingerprint density at radius 1 is 1.12 bits per heavy atom. The molecule has 1 aromatic heterocycles. The molecule has 0 radical (unpaired) electrons. The Morgan fingerprint density at radius 2 is 1.88 bits per heavy atom. The minimum atomic E-state index is -0.422. The molecule has 25 heavy (non-hydrogen) atoms. The van der Waals surface area contributed by atoms with Crippen molar-refractivity contribution in [1.82, 2.24) is 9.88 Å². The molecule has 1 fully saturated rings. The summed E-state index contributed by atoms with van der Waals surface area (Å²) < 4.78 is 11.1. The molecule has 5 nitrogen and oxygen atoms in total. The highest BCUT2D eigenvalue weighted by Gasteiger charge is 2.17. The first-order valence-electron chi connectivity index (χ1n) is 8.50. The van der Waals surface area contributed by atoms with Gasteiger partial charge in [-0.3, -0.25) is 4.90 Å². The van der Waals surface area contributed by atoms with E-state index < -0.39 is 5.97 Å². The lowest BCUT2D eigenvalue weighted by Crippen LogP contribution is -2.33. The van der Waals surface area contributed by atoms with E-state index >= 15 is 0 Å². The molecule has 1 saturated heterocycles. The van der Waals surface area contributed by atoms with Crippen LogP contribution in [0.2, 0.25) is 5.02 Å². The second kappa shape index (κ2) is 8.83. The van der Waals surface area contributed by atoms with Gasteiger partial charge in [0.2, 0.25) is 5.88 Å². The Balaban J connectivity index is 1.59. The second-order valence-corrected chi connectivity index (χ2v) is 6.39. The largest absolute Gasteiger partial charge is 0.461 e. The van der Waals surface area contributed by atoms with E-state index in [1.807, 2.05) is 0 Å². The van der Waals surface area contributed by atoms with E-state index in [9.17, 15) is 4.79 Å². The van der Waals surface area contributed by atoms with Gasteiger partial charge in [-0.1, -0.05) is 18.0 Å². The van der Waals surface area contributed by atoms with Gasteiger partial charge in [-0.05, 0) is 62.3 Å². The molecule has 1 aliphatic rings. The van der Waals surface area contributed by atoms with Crippen molar-refractivity contribution in [3.8, 4) is 11.6 Å². The van der Waals surface area contributed by atoms with Gasteiger partial charge in [0.25, 0.3) is 0 Å². The number of piperidine rings is 1. The van der Waals surface area contributed by atoms with Crippen LogP contribution in [-0.2, 0) is 4.74 Å². The Hall–Kier alpha value is -2.11. The number of pyridine rings is 1. The number of rotatable bonds is 6. The Kier molecular flexibility index (Phi) is 6.25. The molecule has 0 unspecified atom stereocenters. The number of carbonyl (C=O) groups excluding carboxylic acids is 1. The van der Waals surface area contributed by atoms with Gasteiger partial charge in [0.1, 0.15) is 17.9 Å². The number of halogens is 1. The van der Waals surface area contributed by atoms with Crippen LogP contribution >= 0.6 is 11.6 Å². The molecule has 1 aliphatic heterocycles. The zero-order valence-electron chi connectivity index (χ0n) is 14.0. The maximum atomic E-state index is 12.4. The number of nitrogens with zero attached hydrogens (tertiary/aromatic N) is 2. The van der Waals surface area contributed by atoms with E-state index in [1.165, 1.54) is 19.3 Å². The van der Waals surface area contributed by atoms with E-state index in [4.69, 9.17) is 21.1 Å². The van der Waals surface area contributed by atoms with Crippen LogP contribution in [0.5, 0.6) is 11.6 Å². The van der Waals surface area contributed by atoms with Gasteiger partial charge >= 0.3 is 5.97 Å². The van der Waals surface area contributed by atoms with Crippen LogP contribution in [-0.4, -0.2) is 42.1 Å². The number of likely N-dealkylation sites (tertiary alicyclic amines) is 1. The topological polar surface area (TPSA) is 51.7 Å². The molecule has 0 amide bonds. The summed E-state index contributed by atoms with van der Waals surface area (Å²) in [5.41, 5.74) is 0.316. The van der Waals surface area contributed by atoms with Crippen molar-refractivity contribution >= 4 is 17.6 Å². The molecular weight excluding hydrogens is 340 g/mol. The molecule has 3 rings (SSSR count). The van der Waals surface area contributed by atoms with E-state index in [1.54, 1.807) is 42.6 Å². The number of benzene rings is 1. The van der Waals surface area contributed by atoms with Crippen LogP contribution in [0, 0.1) is 0 Å². The first-order valence-corrected chi connectivity index (χ1v) is 8.88. The van der Waals surface area contributed by atoms with Gasteiger partial charge in [-0.25, -0.2) is 9.78 Å². The number of hydrogen-bond acceptors (Lipinski definition) is 5. The predicted octanol–water partition coefficient (Wildman–Crippen LogP) is 4.17. The van der Waals surface area contributed by atoms with Crippen molar-refractivity contribution < 1.29 is 14.3 Å². The van der Waals surface area contributed by atoms with Crippen LogP contribution < -0.4 is 4.74 Å². The molecule has 0 saturated carbocycles. The summed E-state index contributed by atoms with van der Waals surface area (Å²) in [5, 5.41) is 0.616. The maximum Gasteiger partial charge on any atom is 0.343 e. The van der Waals surface area contributed by atoms with E-state index in [0.29, 0.717) is 22.9 Å². The van der Waals surface area contributed by atoms with E-state index in [0.717, 1.165) is 19.6 Å². The van der Waals surface area contributed by atoms with E-state index in [2.05, 4.69) is 9.88 Å². The van der Waals surface area contributed by atoms with Gasteiger partial charge in [-0.2, -0.15) is 0 Å². The fourth-order valence-electron chi connectivity index (χ4n) is 2.77. The molecule has 2 heterocycles. The summed E-state index contributed by atoms with van der Waals surface area (Å²) in [6.07, 6.45) is 5.30. The maximum absolute atomic E-state index is 12.4. The van der Waals surface area contributed by atoms with Crippen molar-refractivity contribution in [3.05, 3.63) is 53.2 Å². The smallest absolute Gasteiger partial charge is 0.343 e. The van der Waals surface area contributed by atoms with Gasteiger partial charge in [0, 0.05) is 17.8 Å². The lowest BCUT2D eigenvalue weighted by atomic mass is 10.1. The quantitative estimate of drug-likeness (QED) is 0.723. The highest BCUT2D eigenvalue weighted by molar-refractivity contribution is 6.30. The average Bonchev–Trinajstić information content (AvgIpc) is 2.65. The van der Waals surface area contributed by atoms with Crippen LogP contribution in [0.3, 0.4) is 0 Å². The summed E-state index contributed by atoms with van der Waals surface area (Å²) in [6, 6.07) is 10.2. The molecule has 132 valence electrons. The monoisotopic (exact) mass is 360 g/mol. The Labute approximate surface area is 152 Å². The Morgan fingerprint density at radius 3 is 2.64 bits per heavy atom. The third-order valence-electron chi connectivity index (χ3n) is 4.11. The molecule has 0 aliphatic carbocycles. The van der Waals surface area contributed by atoms with Crippen molar-refractivity contribution in [2.75, 3.05) is 26.2 Å². The summed E-state index contributed by atoms with van der Waals surface area (Å²) in [6.45, 7) is 3.29. The first-order chi connectivity index (χ1) is 12.2. The Bertz CT molecular complexity index is 700. The predicted molar refractivity (Wildman–Crippen MR) is 96.3 cm³/mol. The molecular formula is C19H21ClN2O3. The van der Waals surface area contributed by atoms with Crippen LogP contribution in [0.15, 0.2) is 42.6 Å². The summed E-state index contributed by atoms with van der Waals surface area (Å²) in [4.78, 5) is 18.8. The SMILES string of the molecule is O=C(OCCN1CCCCC1)c1cccnc1Oc1ccc(Cl)cc1.